The maximum absolute atomic E-state index is 6.04. The number of hydrogen-bond acceptors (Lipinski definition) is 3. The summed E-state index contributed by atoms with van der Waals surface area (Å²) in [5.41, 5.74) is 2.11. The van der Waals surface area contributed by atoms with Crippen LogP contribution in [0.4, 0.5) is 0 Å². The molecular formula is C14H18ClN3O. The molecule has 4 nitrogen and oxygen atoms in total. The maximum atomic E-state index is 6.04. The Morgan fingerprint density at radius 2 is 2.37 bits per heavy atom. The molecule has 0 aliphatic carbocycles. The fourth-order valence-electron chi connectivity index (χ4n) is 2.80. The van der Waals surface area contributed by atoms with Gasteiger partial charge in [-0.3, -0.25) is 0 Å². The Morgan fingerprint density at radius 1 is 1.53 bits per heavy atom. The minimum atomic E-state index is 0.260. The van der Waals surface area contributed by atoms with E-state index < -0.39 is 0 Å². The number of imidazole rings is 1. The molecule has 2 heterocycles. The van der Waals surface area contributed by atoms with Crippen LogP contribution in [0.15, 0.2) is 18.2 Å². The van der Waals surface area contributed by atoms with E-state index in [0.717, 1.165) is 41.4 Å². The number of aromatic nitrogens is 2. The zero-order valence-electron chi connectivity index (χ0n) is 11.2. The number of benzene rings is 1. The molecule has 1 aliphatic heterocycles. The number of nitrogens with zero attached hydrogens (tertiary/aromatic N) is 2. The standard InChI is InChI=1S/C14H18ClN3O/c1-3-18-13-5-4-9(15)6-11(13)17-14(18)12-7-10(19-2)8-16-12/h4-6,10,12,16H,3,7-8H2,1-2H3. The molecule has 2 unspecified atom stereocenters. The van der Waals surface area contributed by atoms with Crippen LogP contribution in [0.2, 0.25) is 5.02 Å². The van der Waals surface area contributed by atoms with Crippen LogP contribution in [-0.2, 0) is 11.3 Å². The first-order valence-electron chi connectivity index (χ1n) is 6.64. The predicted molar refractivity (Wildman–Crippen MR) is 76.6 cm³/mol. The van der Waals surface area contributed by atoms with Gasteiger partial charge in [0.1, 0.15) is 5.82 Å². The lowest BCUT2D eigenvalue weighted by Crippen LogP contribution is -2.18. The van der Waals surface area contributed by atoms with Crippen molar-refractivity contribution in [3.63, 3.8) is 0 Å². The lowest BCUT2D eigenvalue weighted by Gasteiger charge is -2.12. The van der Waals surface area contributed by atoms with Crippen molar-refractivity contribution in [2.45, 2.75) is 32.0 Å². The van der Waals surface area contributed by atoms with Crippen molar-refractivity contribution in [2.24, 2.45) is 0 Å². The summed E-state index contributed by atoms with van der Waals surface area (Å²) < 4.78 is 7.66. The number of halogens is 1. The van der Waals surface area contributed by atoms with Crippen LogP contribution in [0.1, 0.15) is 25.2 Å². The van der Waals surface area contributed by atoms with Gasteiger partial charge in [-0.2, -0.15) is 0 Å². The van der Waals surface area contributed by atoms with Gasteiger partial charge in [-0.15, -0.1) is 0 Å². The highest BCUT2D eigenvalue weighted by molar-refractivity contribution is 6.31. The Balaban J connectivity index is 2.03. The third-order valence-electron chi connectivity index (χ3n) is 3.79. The van der Waals surface area contributed by atoms with Crippen LogP contribution < -0.4 is 5.32 Å². The summed E-state index contributed by atoms with van der Waals surface area (Å²) in [6.45, 7) is 3.93. The Bertz CT molecular complexity index is 596. The topological polar surface area (TPSA) is 39.1 Å². The van der Waals surface area contributed by atoms with E-state index in [0.29, 0.717) is 0 Å². The first kappa shape index (κ1) is 12.9. The lowest BCUT2D eigenvalue weighted by atomic mass is 10.2. The van der Waals surface area contributed by atoms with E-state index in [1.165, 1.54) is 0 Å². The summed E-state index contributed by atoms with van der Waals surface area (Å²) in [5, 5.41) is 4.21. The van der Waals surface area contributed by atoms with E-state index in [1.807, 2.05) is 18.2 Å². The first-order chi connectivity index (χ1) is 9.22. The molecule has 1 N–H and O–H groups in total. The molecule has 5 heteroatoms. The van der Waals surface area contributed by atoms with Crippen molar-refractivity contribution < 1.29 is 4.74 Å². The van der Waals surface area contributed by atoms with Crippen molar-refractivity contribution >= 4 is 22.6 Å². The molecule has 2 aromatic rings. The summed E-state index contributed by atoms with van der Waals surface area (Å²) in [7, 11) is 1.76. The van der Waals surface area contributed by atoms with Gasteiger partial charge < -0.3 is 14.6 Å². The van der Waals surface area contributed by atoms with E-state index in [2.05, 4.69) is 16.8 Å². The van der Waals surface area contributed by atoms with Gasteiger partial charge in [0.25, 0.3) is 0 Å². The second kappa shape index (κ2) is 5.12. The average molecular weight is 280 g/mol. The van der Waals surface area contributed by atoms with Crippen LogP contribution in [0, 0.1) is 0 Å². The van der Waals surface area contributed by atoms with E-state index in [9.17, 15) is 0 Å². The zero-order valence-corrected chi connectivity index (χ0v) is 11.9. The molecule has 102 valence electrons. The maximum Gasteiger partial charge on any atom is 0.127 e. The van der Waals surface area contributed by atoms with Crippen molar-refractivity contribution in [3.8, 4) is 0 Å². The van der Waals surface area contributed by atoms with Gasteiger partial charge in [0.15, 0.2) is 0 Å². The molecule has 1 fully saturated rings. The molecule has 1 saturated heterocycles. The number of aryl methyl sites for hydroxylation is 1. The van der Waals surface area contributed by atoms with Crippen molar-refractivity contribution in [1.29, 1.82) is 0 Å². The van der Waals surface area contributed by atoms with Crippen LogP contribution >= 0.6 is 11.6 Å². The average Bonchev–Trinajstić information content (AvgIpc) is 3.01. The molecular weight excluding hydrogens is 262 g/mol. The Kier molecular flexibility index (Phi) is 3.48. The van der Waals surface area contributed by atoms with Gasteiger partial charge >= 0.3 is 0 Å². The fourth-order valence-corrected chi connectivity index (χ4v) is 2.97. The highest BCUT2D eigenvalue weighted by Gasteiger charge is 2.29. The number of fused-ring (bicyclic) bond motifs is 1. The number of rotatable bonds is 3. The van der Waals surface area contributed by atoms with Crippen LogP contribution in [-0.4, -0.2) is 29.3 Å². The molecule has 19 heavy (non-hydrogen) atoms. The molecule has 0 saturated carbocycles. The van der Waals surface area contributed by atoms with Crippen molar-refractivity contribution in [2.75, 3.05) is 13.7 Å². The quantitative estimate of drug-likeness (QED) is 0.939. The van der Waals surface area contributed by atoms with Gasteiger partial charge in [-0.25, -0.2) is 4.98 Å². The molecule has 2 atom stereocenters. The second-order valence-electron chi connectivity index (χ2n) is 4.90. The van der Waals surface area contributed by atoms with Crippen molar-refractivity contribution in [1.82, 2.24) is 14.9 Å². The summed E-state index contributed by atoms with van der Waals surface area (Å²) in [5.74, 6) is 1.08. The normalized spacial score (nSPS) is 23.3. The van der Waals surface area contributed by atoms with E-state index in [4.69, 9.17) is 21.3 Å². The second-order valence-corrected chi connectivity index (χ2v) is 5.34. The highest BCUT2D eigenvalue weighted by Crippen LogP contribution is 2.28. The number of ether oxygens (including phenoxy) is 1. The van der Waals surface area contributed by atoms with E-state index >= 15 is 0 Å². The van der Waals surface area contributed by atoms with Crippen LogP contribution in [0.5, 0.6) is 0 Å². The molecule has 0 spiro atoms. The number of nitrogens with one attached hydrogen (secondary N) is 1. The minimum Gasteiger partial charge on any atom is -0.380 e. The SMILES string of the molecule is CCn1c(C2CC(OC)CN2)nc2cc(Cl)ccc21. The van der Waals surface area contributed by atoms with Gasteiger partial charge in [0.05, 0.1) is 23.2 Å². The van der Waals surface area contributed by atoms with E-state index in [1.54, 1.807) is 7.11 Å². The summed E-state index contributed by atoms with van der Waals surface area (Å²) in [6, 6.07) is 6.15. The highest BCUT2D eigenvalue weighted by atomic mass is 35.5. The number of methoxy groups -OCH3 is 1. The van der Waals surface area contributed by atoms with Crippen LogP contribution in [0.3, 0.4) is 0 Å². The molecule has 0 radical (unpaired) electrons. The lowest BCUT2D eigenvalue weighted by molar-refractivity contribution is 0.117. The van der Waals surface area contributed by atoms with Gasteiger partial charge in [0, 0.05) is 25.2 Å². The monoisotopic (exact) mass is 279 g/mol. The summed E-state index contributed by atoms with van der Waals surface area (Å²) in [6.07, 6.45) is 1.24. The molecule has 1 aromatic carbocycles. The number of hydrogen-bond donors (Lipinski definition) is 1. The van der Waals surface area contributed by atoms with Gasteiger partial charge in [-0.05, 0) is 31.5 Å². The largest absolute Gasteiger partial charge is 0.380 e. The third kappa shape index (κ3) is 2.24. The first-order valence-corrected chi connectivity index (χ1v) is 7.02. The molecule has 0 amide bonds. The minimum absolute atomic E-state index is 0.260. The van der Waals surface area contributed by atoms with E-state index in [-0.39, 0.29) is 12.1 Å². The third-order valence-corrected chi connectivity index (χ3v) is 4.03. The fraction of sp³-hybridized carbons (Fsp3) is 0.500. The molecule has 0 bridgehead atoms. The van der Waals surface area contributed by atoms with Crippen molar-refractivity contribution in [3.05, 3.63) is 29.0 Å². The molecule has 1 aliphatic rings. The zero-order chi connectivity index (χ0) is 13.4. The molecule has 1 aromatic heterocycles. The Hall–Kier alpha value is -1.10. The summed E-state index contributed by atoms with van der Waals surface area (Å²) in [4.78, 5) is 4.76. The van der Waals surface area contributed by atoms with Gasteiger partial charge in [-0.1, -0.05) is 11.6 Å². The van der Waals surface area contributed by atoms with Crippen LogP contribution in [0.25, 0.3) is 11.0 Å². The van der Waals surface area contributed by atoms with Gasteiger partial charge in [0.2, 0.25) is 0 Å². The Labute approximate surface area is 117 Å². The summed E-state index contributed by atoms with van der Waals surface area (Å²) >= 11 is 6.04. The predicted octanol–water partition coefficient (Wildman–Crippen LogP) is 2.76. The molecule has 3 rings (SSSR count). The Morgan fingerprint density at radius 3 is 3.05 bits per heavy atom. The smallest absolute Gasteiger partial charge is 0.127 e.